The molecular formula is C14H18N6O. The van der Waals surface area contributed by atoms with E-state index in [9.17, 15) is 0 Å². The molecule has 110 valence electrons. The first-order chi connectivity index (χ1) is 9.99. The molecule has 0 radical (unpaired) electrons. The van der Waals surface area contributed by atoms with E-state index < -0.39 is 0 Å². The molecule has 0 saturated heterocycles. The van der Waals surface area contributed by atoms with Crippen molar-refractivity contribution >= 4 is 23.3 Å². The van der Waals surface area contributed by atoms with Crippen LogP contribution in [0.25, 0.3) is 0 Å². The average Bonchev–Trinajstić information content (AvgIpc) is 2.84. The summed E-state index contributed by atoms with van der Waals surface area (Å²) < 4.78 is 5.24. The summed E-state index contributed by atoms with van der Waals surface area (Å²) >= 11 is 0. The van der Waals surface area contributed by atoms with Gasteiger partial charge in [-0.2, -0.15) is 10.1 Å². The van der Waals surface area contributed by atoms with Crippen LogP contribution in [-0.2, 0) is 0 Å². The zero-order valence-corrected chi connectivity index (χ0v) is 12.6. The third-order valence-electron chi connectivity index (χ3n) is 2.80. The predicted molar refractivity (Wildman–Crippen MR) is 82.8 cm³/mol. The van der Waals surface area contributed by atoms with E-state index in [-0.39, 0.29) is 0 Å². The minimum absolute atomic E-state index is 0.339. The number of aliphatic imine (C=N–C) groups is 1. The number of methoxy groups -OCH3 is 1. The number of nitrogens with one attached hydrogen (secondary N) is 2. The van der Waals surface area contributed by atoms with Crippen molar-refractivity contribution in [3.05, 3.63) is 30.1 Å². The summed E-state index contributed by atoms with van der Waals surface area (Å²) in [7, 11) is 1.56. The molecule has 0 bridgehead atoms. The van der Waals surface area contributed by atoms with Crippen LogP contribution in [0.15, 0.2) is 29.4 Å². The van der Waals surface area contributed by atoms with Gasteiger partial charge in [0, 0.05) is 17.5 Å². The third-order valence-corrected chi connectivity index (χ3v) is 2.80. The Hall–Kier alpha value is -2.70. The molecule has 2 aromatic rings. The van der Waals surface area contributed by atoms with Crippen LogP contribution < -0.4 is 10.1 Å². The number of nitrogens with zero attached hydrogens (tertiary/aromatic N) is 4. The van der Waals surface area contributed by atoms with Gasteiger partial charge in [-0.15, -0.1) is 0 Å². The van der Waals surface area contributed by atoms with Crippen molar-refractivity contribution in [1.29, 1.82) is 0 Å². The highest BCUT2D eigenvalue weighted by atomic mass is 16.5. The molecule has 2 heterocycles. The smallest absolute Gasteiger partial charge is 0.251 e. The normalized spacial score (nSPS) is 11.3. The first kappa shape index (κ1) is 14.7. The molecule has 21 heavy (non-hydrogen) atoms. The highest BCUT2D eigenvalue weighted by Crippen LogP contribution is 2.26. The number of allylic oxidation sites excluding steroid dienone is 1. The fourth-order valence-corrected chi connectivity index (χ4v) is 1.50. The van der Waals surface area contributed by atoms with Gasteiger partial charge in [-0.05, 0) is 26.3 Å². The van der Waals surface area contributed by atoms with Crippen LogP contribution in [0.2, 0.25) is 0 Å². The largest absolute Gasteiger partial charge is 0.491 e. The van der Waals surface area contributed by atoms with Gasteiger partial charge in [-0.1, -0.05) is 6.58 Å². The van der Waals surface area contributed by atoms with Gasteiger partial charge in [-0.25, -0.2) is 9.98 Å². The van der Waals surface area contributed by atoms with E-state index in [1.165, 1.54) is 0 Å². The lowest BCUT2D eigenvalue weighted by atomic mass is 10.2. The minimum Gasteiger partial charge on any atom is -0.491 e. The van der Waals surface area contributed by atoms with Crippen LogP contribution in [0.4, 0.5) is 17.6 Å². The van der Waals surface area contributed by atoms with Gasteiger partial charge in [-0.3, -0.25) is 5.10 Å². The molecular weight excluding hydrogens is 268 g/mol. The first-order valence-corrected chi connectivity index (χ1v) is 6.41. The summed E-state index contributed by atoms with van der Waals surface area (Å²) in [5.74, 6) is 2.01. The molecule has 0 aliphatic heterocycles. The highest BCUT2D eigenvalue weighted by molar-refractivity contribution is 5.98. The van der Waals surface area contributed by atoms with Crippen LogP contribution >= 0.6 is 0 Å². The van der Waals surface area contributed by atoms with Crippen molar-refractivity contribution < 1.29 is 4.74 Å². The Morgan fingerprint density at radius 2 is 2.19 bits per heavy atom. The summed E-state index contributed by atoms with van der Waals surface area (Å²) in [6.45, 7) is 9.50. The van der Waals surface area contributed by atoms with E-state index in [1.807, 2.05) is 26.8 Å². The van der Waals surface area contributed by atoms with Gasteiger partial charge in [0.15, 0.2) is 17.4 Å². The first-order valence-electron chi connectivity index (χ1n) is 6.41. The second-order valence-electron chi connectivity index (χ2n) is 4.63. The van der Waals surface area contributed by atoms with Gasteiger partial charge in [0.2, 0.25) is 0 Å². The Morgan fingerprint density at radius 1 is 1.43 bits per heavy atom. The van der Waals surface area contributed by atoms with E-state index >= 15 is 0 Å². The van der Waals surface area contributed by atoms with Crippen LogP contribution in [0.1, 0.15) is 19.5 Å². The van der Waals surface area contributed by atoms with Crippen LogP contribution in [0, 0.1) is 6.92 Å². The maximum atomic E-state index is 5.24. The number of hydrogen-bond donors (Lipinski definition) is 2. The van der Waals surface area contributed by atoms with Gasteiger partial charge in [0.25, 0.3) is 5.95 Å². The van der Waals surface area contributed by atoms with Crippen molar-refractivity contribution in [1.82, 2.24) is 20.2 Å². The molecule has 0 saturated carbocycles. The molecule has 0 unspecified atom stereocenters. The maximum absolute atomic E-state index is 5.24. The molecule has 0 aromatic carbocycles. The number of hydrogen-bond acceptors (Lipinski definition) is 6. The standard InChI is InChI=1S/C14H18N6O/c1-8(2)10(4)16-14-15-7-11(21-5)13(18-14)17-12-6-9(3)19-20-12/h6-7H,1H2,2-5H3,(H2,15,17,18,19,20). The van der Waals surface area contributed by atoms with Crippen molar-refractivity contribution in [2.75, 3.05) is 12.4 Å². The molecule has 0 amide bonds. The highest BCUT2D eigenvalue weighted by Gasteiger charge is 2.09. The van der Waals surface area contributed by atoms with Gasteiger partial charge in [0.05, 0.1) is 13.3 Å². The lowest BCUT2D eigenvalue weighted by Gasteiger charge is -2.08. The number of aryl methyl sites for hydroxylation is 1. The second-order valence-corrected chi connectivity index (χ2v) is 4.63. The Labute approximate surface area is 123 Å². The Morgan fingerprint density at radius 3 is 2.76 bits per heavy atom. The Balaban J connectivity index is 2.34. The number of ether oxygens (including phenoxy) is 1. The zero-order valence-electron chi connectivity index (χ0n) is 12.6. The molecule has 2 aromatic heterocycles. The molecule has 2 N–H and O–H groups in total. The van der Waals surface area contributed by atoms with Gasteiger partial charge < -0.3 is 10.1 Å². The average molecular weight is 286 g/mol. The molecule has 2 rings (SSSR count). The maximum Gasteiger partial charge on any atom is 0.251 e. The fraction of sp³-hybridized carbons (Fsp3) is 0.286. The lowest BCUT2D eigenvalue weighted by molar-refractivity contribution is 0.413. The summed E-state index contributed by atoms with van der Waals surface area (Å²) in [4.78, 5) is 12.8. The third kappa shape index (κ3) is 3.65. The Bertz CT molecular complexity index is 689. The predicted octanol–water partition coefficient (Wildman–Crippen LogP) is 2.93. The van der Waals surface area contributed by atoms with Crippen LogP contribution in [-0.4, -0.2) is 33.0 Å². The van der Waals surface area contributed by atoms with E-state index in [4.69, 9.17) is 4.74 Å². The van der Waals surface area contributed by atoms with Crippen molar-refractivity contribution in [3.63, 3.8) is 0 Å². The second kappa shape index (κ2) is 6.17. The monoisotopic (exact) mass is 286 g/mol. The summed E-state index contributed by atoms with van der Waals surface area (Å²) in [5, 5.41) is 10.0. The van der Waals surface area contributed by atoms with E-state index in [0.717, 1.165) is 17.0 Å². The number of H-pyrrole nitrogens is 1. The molecule has 0 aliphatic carbocycles. The van der Waals surface area contributed by atoms with Gasteiger partial charge >= 0.3 is 0 Å². The quantitative estimate of drug-likeness (QED) is 0.825. The summed E-state index contributed by atoms with van der Waals surface area (Å²) in [5.41, 5.74) is 2.59. The van der Waals surface area contributed by atoms with Crippen molar-refractivity contribution in [2.24, 2.45) is 4.99 Å². The topological polar surface area (TPSA) is 88.1 Å². The molecule has 7 nitrogen and oxygen atoms in total. The number of rotatable bonds is 5. The van der Waals surface area contributed by atoms with Crippen molar-refractivity contribution in [3.8, 4) is 5.75 Å². The minimum atomic E-state index is 0.339. The Kier molecular flexibility index (Phi) is 4.32. The molecule has 0 aliphatic rings. The molecule has 0 fully saturated rings. The van der Waals surface area contributed by atoms with E-state index in [2.05, 4.69) is 37.1 Å². The van der Waals surface area contributed by atoms with Crippen LogP contribution in [0.5, 0.6) is 5.75 Å². The number of aromatic nitrogens is 4. The number of aromatic amines is 1. The lowest BCUT2D eigenvalue weighted by Crippen LogP contribution is -2.00. The molecule has 7 heteroatoms. The summed E-state index contributed by atoms with van der Waals surface area (Å²) in [6, 6.07) is 1.86. The van der Waals surface area contributed by atoms with Crippen LogP contribution in [0.3, 0.4) is 0 Å². The zero-order chi connectivity index (χ0) is 15.4. The van der Waals surface area contributed by atoms with E-state index in [1.54, 1.807) is 13.3 Å². The SMILES string of the molecule is C=C(C)C(C)=Nc1ncc(OC)c(Nc2cc(C)[nH]n2)n1. The fourth-order valence-electron chi connectivity index (χ4n) is 1.50. The number of anilines is 2. The van der Waals surface area contributed by atoms with E-state index in [0.29, 0.717) is 23.3 Å². The summed E-state index contributed by atoms with van der Waals surface area (Å²) in [6.07, 6.45) is 1.57. The molecule has 0 atom stereocenters. The van der Waals surface area contributed by atoms with Gasteiger partial charge in [0.1, 0.15) is 0 Å². The van der Waals surface area contributed by atoms with Crippen molar-refractivity contribution in [2.45, 2.75) is 20.8 Å². The molecule has 0 spiro atoms.